The largest absolute Gasteiger partial charge is 0.324 e. The van der Waals surface area contributed by atoms with Crippen molar-refractivity contribution < 1.29 is 9.18 Å². The number of anilines is 1. The number of imidazole rings is 1. The predicted octanol–water partition coefficient (Wildman–Crippen LogP) is 4.41. The molecule has 0 aliphatic carbocycles. The van der Waals surface area contributed by atoms with Crippen LogP contribution < -0.4 is 11.1 Å². The average Bonchev–Trinajstić information content (AvgIpc) is 2.94. The fraction of sp³-hybridized carbons (Fsp3) is 0.333. The molecular weight excluding hydrogens is 343 g/mol. The van der Waals surface area contributed by atoms with E-state index in [4.69, 9.17) is 10.7 Å². The van der Waals surface area contributed by atoms with E-state index in [-0.39, 0.29) is 17.8 Å². The molecule has 3 rings (SSSR count). The molecule has 0 aliphatic heterocycles. The van der Waals surface area contributed by atoms with E-state index >= 15 is 0 Å². The van der Waals surface area contributed by atoms with Crippen molar-refractivity contribution in [2.45, 2.75) is 46.2 Å². The molecule has 3 aromatic rings. The summed E-state index contributed by atoms with van der Waals surface area (Å²) >= 11 is 0. The lowest BCUT2D eigenvalue weighted by Gasteiger charge is -2.19. The molecule has 0 aliphatic rings. The quantitative estimate of drug-likeness (QED) is 0.716. The maximum Gasteiger partial charge on any atom is 0.243 e. The summed E-state index contributed by atoms with van der Waals surface area (Å²) in [6, 6.07) is 10.5. The van der Waals surface area contributed by atoms with Crippen LogP contribution in [-0.4, -0.2) is 21.0 Å². The zero-order valence-electron chi connectivity index (χ0n) is 16.3. The second kappa shape index (κ2) is 6.78. The minimum atomic E-state index is -0.958. The first kappa shape index (κ1) is 19.0. The van der Waals surface area contributed by atoms with Gasteiger partial charge in [0, 0.05) is 17.3 Å². The number of hydrogen-bond donors (Lipinski definition) is 2. The summed E-state index contributed by atoms with van der Waals surface area (Å²) in [5.41, 5.74) is 8.92. The van der Waals surface area contributed by atoms with Gasteiger partial charge in [-0.05, 0) is 76.6 Å². The van der Waals surface area contributed by atoms with E-state index in [0.29, 0.717) is 5.69 Å². The van der Waals surface area contributed by atoms with Gasteiger partial charge >= 0.3 is 0 Å². The van der Waals surface area contributed by atoms with Crippen molar-refractivity contribution in [3.05, 3.63) is 47.8 Å². The van der Waals surface area contributed by atoms with E-state index in [9.17, 15) is 9.18 Å². The fourth-order valence-corrected chi connectivity index (χ4v) is 3.02. The van der Waals surface area contributed by atoms with Crippen molar-refractivity contribution in [2.24, 2.45) is 5.73 Å². The molecular formula is C21H25FN4O. The second-order valence-corrected chi connectivity index (χ2v) is 7.74. The van der Waals surface area contributed by atoms with Crippen LogP contribution in [0.15, 0.2) is 36.4 Å². The first-order valence-corrected chi connectivity index (χ1v) is 8.97. The Hall–Kier alpha value is -2.73. The van der Waals surface area contributed by atoms with Gasteiger partial charge in [-0.25, -0.2) is 9.37 Å². The number of rotatable bonds is 4. The van der Waals surface area contributed by atoms with E-state index in [1.807, 2.05) is 43.5 Å². The van der Waals surface area contributed by atoms with Gasteiger partial charge in [0.2, 0.25) is 5.91 Å². The summed E-state index contributed by atoms with van der Waals surface area (Å²) < 4.78 is 15.8. The van der Waals surface area contributed by atoms with Gasteiger partial charge in [-0.1, -0.05) is 0 Å². The van der Waals surface area contributed by atoms with Crippen molar-refractivity contribution in [1.82, 2.24) is 9.55 Å². The number of carbonyl (C=O) groups excluding carboxylic acids is 1. The molecule has 0 radical (unpaired) electrons. The molecule has 142 valence electrons. The minimum Gasteiger partial charge on any atom is -0.324 e. The number of fused-ring (bicyclic) bond motifs is 1. The van der Waals surface area contributed by atoms with Crippen LogP contribution in [0.3, 0.4) is 0 Å². The lowest BCUT2D eigenvalue weighted by Crippen LogP contribution is -2.45. The van der Waals surface area contributed by atoms with Crippen LogP contribution in [0.2, 0.25) is 0 Å². The number of halogens is 1. The summed E-state index contributed by atoms with van der Waals surface area (Å²) in [6.45, 7) is 9.33. The Labute approximate surface area is 158 Å². The molecule has 1 aromatic heterocycles. The summed E-state index contributed by atoms with van der Waals surface area (Å²) in [7, 11) is 0. The maximum atomic E-state index is 13.7. The monoisotopic (exact) mass is 368 g/mol. The van der Waals surface area contributed by atoms with E-state index in [0.717, 1.165) is 28.0 Å². The molecule has 1 heterocycles. The Balaban J connectivity index is 2.06. The summed E-state index contributed by atoms with van der Waals surface area (Å²) in [5, 5.41) is 2.86. The van der Waals surface area contributed by atoms with Crippen LogP contribution in [0.1, 0.15) is 39.3 Å². The smallest absolute Gasteiger partial charge is 0.243 e. The number of aromatic nitrogens is 2. The molecule has 0 fully saturated rings. The molecule has 0 atom stereocenters. The summed E-state index contributed by atoms with van der Waals surface area (Å²) in [4.78, 5) is 16.9. The van der Waals surface area contributed by atoms with Gasteiger partial charge in [0.05, 0.1) is 16.6 Å². The molecule has 0 bridgehead atoms. The van der Waals surface area contributed by atoms with Gasteiger partial charge in [0.15, 0.2) is 0 Å². The second-order valence-electron chi connectivity index (χ2n) is 7.74. The van der Waals surface area contributed by atoms with Gasteiger partial charge in [0.25, 0.3) is 0 Å². The summed E-state index contributed by atoms with van der Waals surface area (Å²) in [5.74, 6) is 0.239. The first-order valence-electron chi connectivity index (χ1n) is 8.97. The van der Waals surface area contributed by atoms with Crippen molar-refractivity contribution in [1.29, 1.82) is 0 Å². The van der Waals surface area contributed by atoms with E-state index < -0.39 is 5.54 Å². The number of nitrogens with one attached hydrogen (secondary N) is 1. The fourth-order valence-electron chi connectivity index (χ4n) is 3.02. The third-order valence-electron chi connectivity index (χ3n) is 4.49. The number of nitrogens with zero attached hydrogens (tertiary/aromatic N) is 2. The van der Waals surface area contributed by atoms with Crippen LogP contribution >= 0.6 is 0 Å². The van der Waals surface area contributed by atoms with E-state index in [1.165, 1.54) is 12.1 Å². The highest BCUT2D eigenvalue weighted by molar-refractivity contribution is 5.98. The molecule has 1 amide bonds. The molecule has 3 N–H and O–H groups in total. The molecule has 0 saturated carbocycles. The number of nitrogens with two attached hydrogens (primary N) is 1. The number of hydrogen-bond acceptors (Lipinski definition) is 3. The molecule has 0 spiro atoms. The van der Waals surface area contributed by atoms with Crippen LogP contribution in [0.4, 0.5) is 10.1 Å². The lowest BCUT2D eigenvalue weighted by atomic mass is 10.0. The van der Waals surface area contributed by atoms with Gasteiger partial charge in [-0.3, -0.25) is 4.79 Å². The minimum absolute atomic E-state index is 0.115. The predicted molar refractivity (Wildman–Crippen MR) is 107 cm³/mol. The highest BCUT2D eigenvalue weighted by Crippen LogP contribution is 2.31. The third kappa shape index (κ3) is 3.71. The van der Waals surface area contributed by atoms with Crippen molar-refractivity contribution in [3.8, 4) is 11.4 Å². The molecule has 0 unspecified atom stereocenters. The Morgan fingerprint density at radius 3 is 2.52 bits per heavy atom. The Morgan fingerprint density at radius 2 is 1.93 bits per heavy atom. The SMILES string of the molecule is Cc1cc(-c2nc3ccc(F)cc3n2C(C)C)ccc1NC(=O)C(C)(C)N. The van der Waals surface area contributed by atoms with Crippen LogP contribution in [0.5, 0.6) is 0 Å². The van der Waals surface area contributed by atoms with Crippen molar-refractivity contribution in [3.63, 3.8) is 0 Å². The van der Waals surface area contributed by atoms with Crippen molar-refractivity contribution >= 4 is 22.6 Å². The van der Waals surface area contributed by atoms with E-state index in [1.54, 1.807) is 19.9 Å². The molecule has 2 aromatic carbocycles. The van der Waals surface area contributed by atoms with Crippen LogP contribution in [-0.2, 0) is 4.79 Å². The zero-order valence-corrected chi connectivity index (χ0v) is 16.3. The Morgan fingerprint density at radius 1 is 1.22 bits per heavy atom. The zero-order chi connectivity index (χ0) is 19.9. The average molecular weight is 368 g/mol. The van der Waals surface area contributed by atoms with Crippen LogP contribution in [0.25, 0.3) is 22.4 Å². The van der Waals surface area contributed by atoms with Gasteiger partial charge in [0.1, 0.15) is 11.6 Å². The topological polar surface area (TPSA) is 72.9 Å². The highest BCUT2D eigenvalue weighted by atomic mass is 19.1. The third-order valence-corrected chi connectivity index (χ3v) is 4.49. The molecule has 5 nitrogen and oxygen atoms in total. The Bertz CT molecular complexity index is 1010. The number of aryl methyl sites for hydroxylation is 1. The number of amides is 1. The number of benzene rings is 2. The normalized spacial score (nSPS) is 12.0. The number of carbonyl (C=O) groups is 1. The summed E-state index contributed by atoms with van der Waals surface area (Å²) in [6.07, 6.45) is 0. The van der Waals surface area contributed by atoms with Gasteiger partial charge < -0.3 is 15.6 Å². The molecule has 0 saturated heterocycles. The molecule has 6 heteroatoms. The standard InChI is InChI=1S/C21H25FN4O/c1-12(2)26-18-11-15(22)7-9-17(18)24-19(26)14-6-8-16(13(3)10-14)25-20(27)21(4,5)23/h6-12H,23H2,1-5H3,(H,25,27). The first-order chi connectivity index (χ1) is 12.6. The van der Waals surface area contributed by atoms with Gasteiger partial charge in [-0.2, -0.15) is 0 Å². The molecule has 27 heavy (non-hydrogen) atoms. The lowest BCUT2D eigenvalue weighted by molar-refractivity contribution is -0.120. The van der Waals surface area contributed by atoms with Crippen molar-refractivity contribution in [2.75, 3.05) is 5.32 Å². The maximum absolute atomic E-state index is 13.7. The Kier molecular flexibility index (Phi) is 4.78. The van der Waals surface area contributed by atoms with Gasteiger partial charge in [-0.15, -0.1) is 0 Å². The van der Waals surface area contributed by atoms with E-state index in [2.05, 4.69) is 5.32 Å². The highest BCUT2D eigenvalue weighted by Gasteiger charge is 2.22. The van der Waals surface area contributed by atoms with Crippen LogP contribution in [0, 0.1) is 12.7 Å².